The van der Waals surface area contributed by atoms with Gasteiger partial charge in [0, 0.05) is 25.6 Å². The van der Waals surface area contributed by atoms with Crippen molar-refractivity contribution < 1.29 is 13.2 Å². The van der Waals surface area contributed by atoms with E-state index >= 15 is 0 Å². The number of sulfonamides is 1. The van der Waals surface area contributed by atoms with Gasteiger partial charge in [-0.25, -0.2) is 12.7 Å². The van der Waals surface area contributed by atoms with E-state index in [1.54, 1.807) is 0 Å². The monoisotopic (exact) mass is 324 g/mol. The molecule has 22 heavy (non-hydrogen) atoms. The molecule has 5 nitrogen and oxygen atoms in total. The minimum absolute atomic E-state index is 0.0244. The molecule has 0 saturated carbocycles. The topological polar surface area (TPSA) is 66.5 Å². The Kier molecular flexibility index (Phi) is 5.97. The average Bonchev–Trinajstić information content (AvgIpc) is 2.54. The summed E-state index contributed by atoms with van der Waals surface area (Å²) in [6.07, 6.45) is 1.83. The summed E-state index contributed by atoms with van der Waals surface area (Å²) in [6, 6.07) is 9.77. The van der Waals surface area contributed by atoms with Crippen LogP contribution in [0.3, 0.4) is 0 Å². The lowest BCUT2D eigenvalue weighted by Crippen LogP contribution is -2.43. The Balaban J connectivity index is 1.80. The van der Waals surface area contributed by atoms with Crippen molar-refractivity contribution in [2.75, 3.05) is 18.8 Å². The highest BCUT2D eigenvalue weighted by Gasteiger charge is 2.30. The number of hydrogen-bond donors (Lipinski definition) is 1. The standard InChI is InChI=1S/C16H24N2O3S/c1-2-12-22(20,21)18-10-8-15(9-11-18)16(19)17-13-14-6-4-3-5-7-14/h3-7,15H,2,8-13H2,1H3,(H,17,19). The Hall–Kier alpha value is -1.40. The molecule has 1 N–H and O–H groups in total. The first-order valence-corrected chi connectivity index (χ1v) is 9.43. The predicted octanol–water partition coefficient (Wildman–Crippen LogP) is 1.75. The zero-order chi connectivity index (χ0) is 16.0. The second-order valence-electron chi connectivity index (χ2n) is 5.69. The van der Waals surface area contributed by atoms with E-state index in [2.05, 4.69) is 5.32 Å². The first kappa shape index (κ1) is 17.0. The summed E-state index contributed by atoms with van der Waals surface area (Å²) in [7, 11) is -3.14. The molecule has 2 rings (SSSR count). The maximum atomic E-state index is 12.2. The number of carbonyl (C=O) groups is 1. The Morgan fingerprint density at radius 3 is 2.45 bits per heavy atom. The number of nitrogens with zero attached hydrogens (tertiary/aromatic N) is 1. The number of rotatable bonds is 6. The number of hydrogen-bond acceptors (Lipinski definition) is 3. The van der Waals surface area contributed by atoms with Gasteiger partial charge in [-0.1, -0.05) is 37.3 Å². The van der Waals surface area contributed by atoms with E-state index in [1.165, 1.54) is 4.31 Å². The molecule has 122 valence electrons. The first-order valence-electron chi connectivity index (χ1n) is 7.82. The van der Waals surface area contributed by atoms with Crippen LogP contribution in [-0.2, 0) is 21.4 Å². The number of carbonyl (C=O) groups excluding carboxylic acids is 1. The van der Waals surface area contributed by atoms with Crippen molar-refractivity contribution in [3.8, 4) is 0 Å². The molecule has 0 aromatic heterocycles. The van der Waals surface area contributed by atoms with Gasteiger partial charge in [0.2, 0.25) is 15.9 Å². The van der Waals surface area contributed by atoms with Gasteiger partial charge in [-0.2, -0.15) is 0 Å². The summed E-state index contributed by atoms with van der Waals surface area (Å²) in [4.78, 5) is 12.2. The molecule has 1 aromatic rings. The van der Waals surface area contributed by atoms with E-state index < -0.39 is 10.0 Å². The van der Waals surface area contributed by atoms with E-state index in [-0.39, 0.29) is 17.6 Å². The van der Waals surface area contributed by atoms with Gasteiger partial charge in [0.1, 0.15) is 0 Å². The second kappa shape index (κ2) is 7.74. The molecule has 1 saturated heterocycles. The molecule has 0 bridgehead atoms. The molecular weight excluding hydrogens is 300 g/mol. The fourth-order valence-corrected chi connectivity index (χ4v) is 4.25. The zero-order valence-electron chi connectivity index (χ0n) is 13.0. The minimum atomic E-state index is -3.14. The molecule has 1 aliphatic heterocycles. The predicted molar refractivity (Wildman–Crippen MR) is 86.7 cm³/mol. The van der Waals surface area contributed by atoms with Gasteiger partial charge in [0.25, 0.3) is 0 Å². The van der Waals surface area contributed by atoms with Crippen LogP contribution >= 0.6 is 0 Å². The molecule has 0 radical (unpaired) electrons. The maximum absolute atomic E-state index is 12.2. The molecule has 1 aromatic carbocycles. The summed E-state index contributed by atoms with van der Waals surface area (Å²) < 4.78 is 25.5. The SMILES string of the molecule is CCCS(=O)(=O)N1CCC(C(=O)NCc2ccccc2)CC1. The number of benzene rings is 1. The third-order valence-electron chi connectivity index (χ3n) is 3.99. The molecule has 1 heterocycles. The molecular formula is C16H24N2O3S. The van der Waals surface area contributed by atoms with Crippen molar-refractivity contribution in [3.63, 3.8) is 0 Å². The third-order valence-corrected chi connectivity index (χ3v) is 6.07. The highest BCUT2D eigenvalue weighted by atomic mass is 32.2. The van der Waals surface area contributed by atoms with E-state index in [0.717, 1.165) is 5.56 Å². The molecule has 0 atom stereocenters. The fourth-order valence-electron chi connectivity index (χ4n) is 2.71. The van der Waals surface area contributed by atoms with Crippen LogP contribution in [0.1, 0.15) is 31.7 Å². The van der Waals surface area contributed by atoms with Crippen molar-refractivity contribution in [2.45, 2.75) is 32.7 Å². The number of piperidine rings is 1. The largest absolute Gasteiger partial charge is 0.352 e. The van der Waals surface area contributed by atoms with Crippen LogP contribution < -0.4 is 5.32 Å². The van der Waals surface area contributed by atoms with Crippen molar-refractivity contribution >= 4 is 15.9 Å². The van der Waals surface area contributed by atoms with Crippen molar-refractivity contribution in [2.24, 2.45) is 5.92 Å². The van der Waals surface area contributed by atoms with Crippen molar-refractivity contribution in [1.29, 1.82) is 0 Å². The Labute approximate surface area is 132 Å². The van der Waals surface area contributed by atoms with Gasteiger partial charge in [0.05, 0.1) is 5.75 Å². The van der Waals surface area contributed by atoms with Crippen LogP contribution in [0.25, 0.3) is 0 Å². The van der Waals surface area contributed by atoms with E-state index in [1.807, 2.05) is 37.3 Å². The van der Waals surface area contributed by atoms with Crippen molar-refractivity contribution in [1.82, 2.24) is 9.62 Å². The van der Waals surface area contributed by atoms with E-state index in [0.29, 0.717) is 38.9 Å². The lowest BCUT2D eigenvalue weighted by atomic mass is 9.97. The van der Waals surface area contributed by atoms with Crippen molar-refractivity contribution in [3.05, 3.63) is 35.9 Å². The summed E-state index contributed by atoms with van der Waals surface area (Å²) in [5, 5.41) is 2.94. The maximum Gasteiger partial charge on any atom is 0.223 e. The van der Waals surface area contributed by atoms with Crippen LogP contribution in [-0.4, -0.2) is 37.5 Å². The third kappa shape index (κ3) is 4.55. The number of amides is 1. The molecule has 1 amide bonds. The van der Waals surface area contributed by atoms with Crippen LogP contribution in [0.15, 0.2) is 30.3 Å². The van der Waals surface area contributed by atoms with E-state index in [4.69, 9.17) is 0 Å². The highest BCUT2D eigenvalue weighted by molar-refractivity contribution is 7.89. The highest BCUT2D eigenvalue weighted by Crippen LogP contribution is 2.20. The van der Waals surface area contributed by atoms with Gasteiger partial charge in [-0.3, -0.25) is 4.79 Å². The van der Waals surface area contributed by atoms with Gasteiger partial charge < -0.3 is 5.32 Å². The van der Waals surface area contributed by atoms with Crippen LogP contribution in [0.5, 0.6) is 0 Å². The number of nitrogens with one attached hydrogen (secondary N) is 1. The fraction of sp³-hybridized carbons (Fsp3) is 0.562. The van der Waals surface area contributed by atoms with Gasteiger partial charge in [0.15, 0.2) is 0 Å². The van der Waals surface area contributed by atoms with Gasteiger partial charge in [-0.05, 0) is 24.8 Å². The molecule has 6 heteroatoms. The molecule has 0 spiro atoms. The summed E-state index contributed by atoms with van der Waals surface area (Å²) in [5.41, 5.74) is 1.07. The quantitative estimate of drug-likeness (QED) is 0.867. The molecule has 1 fully saturated rings. The van der Waals surface area contributed by atoms with E-state index in [9.17, 15) is 13.2 Å². The van der Waals surface area contributed by atoms with Gasteiger partial charge >= 0.3 is 0 Å². The Bertz CT molecular complexity index is 579. The second-order valence-corrected chi connectivity index (χ2v) is 7.78. The summed E-state index contributed by atoms with van der Waals surface area (Å²) >= 11 is 0. The normalized spacial score (nSPS) is 17.3. The Morgan fingerprint density at radius 2 is 1.86 bits per heavy atom. The smallest absolute Gasteiger partial charge is 0.223 e. The zero-order valence-corrected chi connectivity index (χ0v) is 13.8. The van der Waals surface area contributed by atoms with Crippen LogP contribution in [0.2, 0.25) is 0 Å². The summed E-state index contributed by atoms with van der Waals surface area (Å²) in [5.74, 6) is 0.130. The van der Waals surface area contributed by atoms with Crippen LogP contribution in [0, 0.1) is 5.92 Å². The molecule has 0 aliphatic carbocycles. The molecule has 0 unspecified atom stereocenters. The summed E-state index contributed by atoms with van der Waals surface area (Å²) in [6.45, 7) is 3.28. The first-order chi connectivity index (χ1) is 10.5. The minimum Gasteiger partial charge on any atom is -0.352 e. The average molecular weight is 324 g/mol. The lowest BCUT2D eigenvalue weighted by molar-refractivity contribution is -0.126. The Morgan fingerprint density at radius 1 is 1.23 bits per heavy atom. The van der Waals surface area contributed by atoms with Gasteiger partial charge in [-0.15, -0.1) is 0 Å². The molecule has 1 aliphatic rings. The van der Waals surface area contributed by atoms with Crippen LogP contribution in [0.4, 0.5) is 0 Å². The lowest BCUT2D eigenvalue weighted by Gasteiger charge is -2.30.